The summed E-state index contributed by atoms with van der Waals surface area (Å²) in [6.07, 6.45) is 5.34. The van der Waals surface area contributed by atoms with Crippen LogP contribution in [0, 0.1) is 0 Å². The molecular weight excluding hydrogens is 372 g/mol. The van der Waals surface area contributed by atoms with Crippen LogP contribution in [-0.2, 0) is 6.42 Å². The lowest BCUT2D eigenvalue weighted by Gasteiger charge is -2.15. The Hall–Kier alpha value is -3.68. The van der Waals surface area contributed by atoms with Crippen molar-refractivity contribution < 1.29 is 9.15 Å². The highest BCUT2D eigenvalue weighted by molar-refractivity contribution is 5.78. The quantitative estimate of drug-likeness (QED) is 0.560. The maximum atomic E-state index is 12.5. The largest absolute Gasteiger partial charge is 0.446 e. The van der Waals surface area contributed by atoms with Crippen molar-refractivity contribution in [3.05, 3.63) is 69.3 Å². The Balaban J connectivity index is 1.55. The molecule has 0 atom stereocenters. The molecule has 4 aromatic rings. The monoisotopic (exact) mass is 390 g/mol. The summed E-state index contributed by atoms with van der Waals surface area (Å²) < 4.78 is 12.9. The van der Waals surface area contributed by atoms with Crippen LogP contribution in [0.3, 0.4) is 0 Å². The Morgan fingerprint density at radius 1 is 1.17 bits per heavy atom. The molecular formula is C21H18N4O4. The third kappa shape index (κ3) is 3.02. The predicted octanol–water partition coefficient (Wildman–Crippen LogP) is 3.43. The van der Waals surface area contributed by atoms with Crippen LogP contribution in [0.1, 0.15) is 31.4 Å². The fraction of sp³-hybridized carbons (Fsp3) is 0.238. The van der Waals surface area contributed by atoms with Gasteiger partial charge in [0, 0.05) is 11.6 Å². The fourth-order valence-corrected chi connectivity index (χ4v) is 3.55. The van der Waals surface area contributed by atoms with Gasteiger partial charge in [0.15, 0.2) is 0 Å². The van der Waals surface area contributed by atoms with Gasteiger partial charge in [-0.2, -0.15) is 0 Å². The van der Waals surface area contributed by atoms with Crippen LogP contribution in [0.25, 0.3) is 22.4 Å². The number of aromatic nitrogens is 4. The molecule has 0 unspecified atom stereocenters. The molecule has 5 rings (SSSR count). The number of H-pyrrole nitrogens is 1. The number of aromatic amines is 1. The second-order valence-electron chi connectivity index (χ2n) is 6.99. The molecule has 1 aromatic carbocycles. The highest BCUT2D eigenvalue weighted by Gasteiger charge is 2.29. The minimum Gasteiger partial charge on any atom is -0.446 e. The Morgan fingerprint density at radius 2 is 1.97 bits per heavy atom. The first-order chi connectivity index (χ1) is 14.2. The maximum absolute atomic E-state index is 12.5. The summed E-state index contributed by atoms with van der Waals surface area (Å²) in [7, 11) is 0. The van der Waals surface area contributed by atoms with E-state index in [4.69, 9.17) is 9.15 Å². The zero-order valence-corrected chi connectivity index (χ0v) is 15.7. The third-order valence-corrected chi connectivity index (χ3v) is 5.07. The molecule has 1 aliphatic rings. The number of hydrogen-bond donors (Lipinski definition) is 1. The van der Waals surface area contributed by atoms with Crippen molar-refractivity contribution in [1.82, 2.24) is 19.5 Å². The summed E-state index contributed by atoms with van der Waals surface area (Å²) >= 11 is 0. The molecule has 0 saturated heterocycles. The van der Waals surface area contributed by atoms with E-state index in [-0.39, 0.29) is 17.3 Å². The number of benzene rings is 1. The summed E-state index contributed by atoms with van der Waals surface area (Å²) in [6, 6.07) is 9.20. The standard InChI is InChI=1S/C21H18N4O4/c1-2-15-17(25(13-5-6-13)21(27)24-18(15)26)12-3-7-14(8-4-12)29-20-16-9-10-28-19(16)22-11-23-20/h3-4,7-11,13H,2,5-6H2,1H3,(H,24,26,27). The van der Waals surface area contributed by atoms with Gasteiger partial charge in [-0.1, -0.05) is 6.92 Å². The molecule has 0 bridgehead atoms. The summed E-state index contributed by atoms with van der Waals surface area (Å²) in [5, 5.41) is 0.682. The number of fused-ring (bicyclic) bond motifs is 1. The number of nitrogens with zero attached hydrogens (tertiary/aromatic N) is 3. The normalized spacial score (nSPS) is 13.7. The van der Waals surface area contributed by atoms with E-state index in [9.17, 15) is 9.59 Å². The van der Waals surface area contributed by atoms with Crippen molar-refractivity contribution in [1.29, 1.82) is 0 Å². The number of hydrogen-bond acceptors (Lipinski definition) is 6. The topological polar surface area (TPSA) is 103 Å². The molecule has 146 valence electrons. The summed E-state index contributed by atoms with van der Waals surface area (Å²) in [4.78, 5) is 35.5. The van der Waals surface area contributed by atoms with Gasteiger partial charge < -0.3 is 9.15 Å². The van der Waals surface area contributed by atoms with Crippen LogP contribution in [-0.4, -0.2) is 19.5 Å². The molecule has 1 N–H and O–H groups in total. The van der Waals surface area contributed by atoms with Gasteiger partial charge in [0.2, 0.25) is 11.6 Å². The maximum Gasteiger partial charge on any atom is 0.329 e. The van der Waals surface area contributed by atoms with Gasteiger partial charge in [0.1, 0.15) is 17.5 Å². The molecule has 0 aliphatic heterocycles. The van der Waals surface area contributed by atoms with Crippen molar-refractivity contribution in [2.24, 2.45) is 0 Å². The third-order valence-electron chi connectivity index (χ3n) is 5.07. The highest BCUT2D eigenvalue weighted by Crippen LogP contribution is 2.38. The van der Waals surface area contributed by atoms with E-state index in [2.05, 4.69) is 15.0 Å². The Morgan fingerprint density at radius 3 is 2.69 bits per heavy atom. The van der Waals surface area contributed by atoms with Crippen LogP contribution in [0.4, 0.5) is 0 Å². The van der Waals surface area contributed by atoms with Gasteiger partial charge in [-0.15, -0.1) is 0 Å². The van der Waals surface area contributed by atoms with Gasteiger partial charge in [-0.25, -0.2) is 14.8 Å². The van der Waals surface area contributed by atoms with Gasteiger partial charge in [0.25, 0.3) is 5.56 Å². The molecule has 1 aliphatic carbocycles. The first-order valence-corrected chi connectivity index (χ1v) is 9.50. The summed E-state index contributed by atoms with van der Waals surface area (Å²) in [5.74, 6) is 0.981. The molecule has 0 radical (unpaired) electrons. The predicted molar refractivity (Wildman–Crippen MR) is 106 cm³/mol. The Bertz CT molecular complexity index is 1310. The molecule has 3 aromatic heterocycles. The second-order valence-corrected chi connectivity index (χ2v) is 6.99. The van der Waals surface area contributed by atoms with Crippen LogP contribution < -0.4 is 16.0 Å². The number of nitrogens with one attached hydrogen (secondary N) is 1. The van der Waals surface area contributed by atoms with Crippen molar-refractivity contribution in [3.63, 3.8) is 0 Å². The average Bonchev–Trinajstić information content (AvgIpc) is 3.43. The van der Waals surface area contributed by atoms with Crippen LogP contribution in [0.2, 0.25) is 0 Å². The van der Waals surface area contributed by atoms with Gasteiger partial charge in [-0.3, -0.25) is 14.3 Å². The lowest BCUT2D eigenvalue weighted by molar-refractivity contribution is 0.467. The first kappa shape index (κ1) is 17.4. The van der Waals surface area contributed by atoms with E-state index in [1.807, 2.05) is 19.1 Å². The molecule has 3 heterocycles. The van der Waals surface area contributed by atoms with Crippen LogP contribution in [0.15, 0.2) is 56.9 Å². The summed E-state index contributed by atoms with van der Waals surface area (Å²) in [6.45, 7) is 1.92. The molecule has 0 amide bonds. The molecule has 1 saturated carbocycles. The van der Waals surface area contributed by atoms with Gasteiger partial charge in [-0.05, 0) is 55.2 Å². The molecule has 8 heteroatoms. The van der Waals surface area contributed by atoms with E-state index in [1.165, 1.54) is 12.6 Å². The van der Waals surface area contributed by atoms with Gasteiger partial charge in [0.05, 0.1) is 12.0 Å². The zero-order chi connectivity index (χ0) is 20.0. The van der Waals surface area contributed by atoms with E-state index in [0.29, 0.717) is 40.4 Å². The lowest BCUT2D eigenvalue weighted by Crippen LogP contribution is -2.33. The van der Waals surface area contributed by atoms with Crippen molar-refractivity contribution in [2.45, 2.75) is 32.2 Å². The SMILES string of the molecule is CCc1c(-c2ccc(Oc3ncnc4occc34)cc2)n(C2CC2)c(=O)[nH]c1=O. The number of ether oxygens (including phenoxy) is 1. The minimum atomic E-state index is -0.353. The van der Waals surface area contributed by atoms with Gasteiger partial charge >= 0.3 is 5.69 Å². The molecule has 0 spiro atoms. The lowest BCUT2D eigenvalue weighted by atomic mass is 10.0. The van der Waals surface area contributed by atoms with Crippen LogP contribution >= 0.6 is 0 Å². The van der Waals surface area contributed by atoms with Crippen molar-refractivity contribution in [3.8, 4) is 22.9 Å². The van der Waals surface area contributed by atoms with E-state index >= 15 is 0 Å². The summed E-state index contributed by atoms with van der Waals surface area (Å²) in [5.41, 5.74) is 1.88. The second kappa shape index (κ2) is 6.73. The van der Waals surface area contributed by atoms with E-state index in [0.717, 1.165) is 18.4 Å². The fourth-order valence-electron chi connectivity index (χ4n) is 3.55. The number of rotatable bonds is 5. The average molecular weight is 390 g/mol. The molecule has 29 heavy (non-hydrogen) atoms. The minimum absolute atomic E-state index is 0.144. The van der Waals surface area contributed by atoms with E-state index in [1.54, 1.807) is 22.8 Å². The van der Waals surface area contributed by atoms with E-state index < -0.39 is 0 Å². The number of furan rings is 1. The smallest absolute Gasteiger partial charge is 0.329 e. The molecule has 8 nitrogen and oxygen atoms in total. The Kier molecular flexibility index (Phi) is 4.04. The highest BCUT2D eigenvalue weighted by atomic mass is 16.5. The first-order valence-electron chi connectivity index (χ1n) is 9.50. The van der Waals surface area contributed by atoms with Crippen molar-refractivity contribution in [2.75, 3.05) is 0 Å². The van der Waals surface area contributed by atoms with Crippen molar-refractivity contribution >= 4 is 11.1 Å². The van der Waals surface area contributed by atoms with Crippen LogP contribution in [0.5, 0.6) is 11.6 Å². The zero-order valence-electron chi connectivity index (χ0n) is 15.7. The molecule has 1 fully saturated rings. The Labute approximate surface area is 164 Å².